The van der Waals surface area contributed by atoms with Crippen LogP contribution < -0.4 is 0 Å². The summed E-state index contributed by atoms with van der Waals surface area (Å²) in [4.78, 5) is 4.36. The summed E-state index contributed by atoms with van der Waals surface area (Å²) in [7, 11) is 0. The topological polar surface area (TPSA) is 33.1 Å². The van der Waals surface area contributed by atoms with Crippen LogP contribution in [0.3, 0.4) is 0 Å². The van der Waals surface area contributed by atoms with Crippen molar-refractivity contribution in [3.05, 3.63) is 54.2 Å². The fourth-order valence-electron chi connectivity index (χ4n) is 2.70. The molecule has 1 aliphatic carbocycles. The van der Waals surface area contributed by atoms with Crippen molar-refractivity contribution in [3.63, 3.8) is 0 Å². The fraction of sp³-hybridized carbons (Fsp3) is 0.312. The molecule has 2 nitrogen and oxygen atoms in total. The van der Waals surface area contributed by atoms with E-state index < -0.39 is 5.60 Å². The number of para-hydroxylation sites is 1. The van der Waals surface area contributed by atoms with Gasteiger partial charge in [0, 0.05) is 18.0 Å². The third kappa shape index (κ3) is 2.16. The standard InChI is InChI=1S/C16H17NO/c18-16(9-4-1-5-10-16)12-13-8-11-17-15-7-3-2-6-14(13)15/h2-4,6-9,11,18H,1,5,10,12H2. The molecule has 1 atom stereocenters. The van der Waals surface area contributed by atoms with Gasteiger partial charge in [-0.3, -0.25) is 4.98 Å². The highest BCUT2D eigenvalue weighted by molar-refractivity contribution is 5.81. The lowest BCUT2D eigenvalue weighted by Crippen LogP contribution is -2.30. The van der Waals surface area contributed by atoms with E-state index in [1.807, 2.05) is 36.5 Å². The summed E-state index contributed by atoms with van der Waals surface area (Å²) in [5.41, 5.74) is 1.50. The molecule has 18 heavy (non-hydrogen) atoms. The molecule has 0 spiro atoms. The van der Waals surface area contributed by atoms with Crippen molar-refractivity contribution in [3.8, 4) is 0 Å². The summed E-state index contributed by atoms with van der Waals surface area (Å²) in [5, 5.41) is 11.7. The molecule has 2 aromatic rings. The highest BCUT2D eigenvalue weighted by atomic mass is 16.3. The number of nitrogens with zero attached hydrogens (tertiary/aromatic N) is 1. The number of fused-ring (bicyclic) bond motifs is 1. The molecule has 1 aromatic carbocycles. The first-order valence-corrected chi connectivity index (χ1v) is 6.50. The van der Waals surface area contributed by atoms with E-state index in [4.69, 9.17) is 0 Å². The summed E-state index contributed by atoms with van der Waals surface area (Å²) >= 11 is 0. The highest BCUT2D eigenvalue weighted by Gasteiger charge is 2.26. The molecule has 0 amide bonds. The predicted octanol–water partition coefficient (Wildman–Crippen LogP) is 3.25. The zero-order valence-corrected chi connectivity index (χ0v) is 10.3. The van der Waals surface area contributed by atoms with Crippen LogP contribution in [0.25, 0.3) is 10.9 Å². The average Bonchev–Trinajstić information content (AvgIpc) is 2.40. The Bertz CT molecular complexity index is 585. The minimum atomic E-state index is -0.678. The maximum absolute atomic E-state index is 10.6. The summed E-state index contributed by atoms with van der Waals surface area (Å²) in [6.07, 6.45) is 9.55. The van der Waals surface area contributed by atoms with Crippen molar-refractivity contribution >= 4 is 10.9 Å². The lowest BCUT2D eigenvalue weighted by atomic mass is 9.85. The normalized spacial score (nSPS) is 23.4. The maximum atomic E-state index is 10.6. The van der Waals surface area contributed by atoms with Gasteiger partial charge in [-0.05, 0) is 37.0 Å². The Morgan fingerprint density at radius 3 is 2.94 bits per heavy atom. The largest absolute Gasteiger partial charge is 0.385 e. The molecular formula is C16H17NO. The molecule has 0 fully saturated rings. The zero-order chi connectivity index (χ0) is 12.4. The first kappa shape index (κ1) is 11.4. The Kier molecular flexibility index (Phi) is 2.88. The quantitative estimate of drug-likeness (QED) is 0.816. The van der Waals surface area contributed by atoms with Gasteiger partial charge in [0.15, 0.2) is 0 Å². The molecule has 0 radical (unpaired) electrons. The number of hydrogen-bond acceptors (Lipinski definition) is 2. The van der Waals surface area contributed by atoms with E-state index in [9.17, 15) is 5.11 Å². The van der Waals surface area contributed by atoms with E-state index in [0.717, 1.165) is 30.2 Å². The van der Waals surface area contributed by atoms with Crippen LogP contribution in [0.1, 0.15) is 24.8 Å². The van der Waals surface area contributed by atoms with E-state index in [2.05, 4.69) is 17.1 Å². The second-order valence-corrected chi connectivity index (χ2v) is 5.06. The predicted molar refractivity (Wildman–Crippen MR) is 73.4 cm³/mol. The van der Waals surface area contributed by atoms with Gasteiger partial charge in [0.25, 0.3) is 0 Å². The van der Waals surface area contributed by atoms with E-state index in [-0.39, 0.29) is 0 Å². The highest BCUT2D eigenvalue weighted by Crippen LogP contribution is 2.28. The molecular weight excluding hydrogens is 222 g/mol. The Balaban J connectivity index is 2.00. The molecule has 92 valence electrons. The van der Waals surface area contributed by atoms with Crippen LogP contribution in [0.2, 0.25) is 0 Å². The Labute approximate surface area is 107 Å². The van der Waals surface area contributed by atoms with Crippen molar-refractivity contribution in [1.29, 1.82) is 0 Å². The second kappa shape index (κ2) is 4.54. The zero-order valence-electron chi connectivity index (χ0n) is 10.3. The second-order valence-electron chi connectivity index (χ2n) is 5.06. The van der Waals surface area contributed by atoms with Crippen LogP contribution in [0.4, 0.5) is 0 Å². The number of aliphatic hydroxyl groups is 1. The smallest absolute Gasteiger partial charge is 0.0868 e. The molecule has 0 saturated carbocycles. The van der Waals surface area contributed by atoms with E-state index in [1.54, 1.807) is 0 Å². The minimum Gasteiger partial charge on any atom is -0.385 e. The van der Waals surface area contributed by atoms with Crippen molar-refractivity contribution in [1.82, 2.24) is 4.98 Å². The number of allylic oxidation sites excluding steroid dienone is 1. The van der Waals surface area contributed by atoms with Crippen molar-refractivity contribution in [2.24, 2.45) is 0 Å². The third-order valence-electron chi connectivity index (χ3n) is 3.64. The summed E-state index contributed by atoms with van der Waals surface area (Å²) in [6, 6.07) is 10.1. The number of hydrogen-bond donors (Lipinski definition) is 1. The van der Waals surface area contributed by atoms with Gasteiger partial charge < -0.3 is 5.11 Å². The van der Waals surface area contributed by atoms with E-state index >= 15 is 0 Å². The molecule has 1 unspecified atom stereocenters. The lowest BCUT2D eigenvalue weighted by molar-refractivity contribution is 0.0754. The molecule has 0 aliphatic heterocycles. The molecule has 0 saturated heterocycles. The molecule has 1 heterocycles. The van der Waals surface area contributed by atoms with Gasteiger partial charge in [0.2, 0.25) is 0 Å². The van der Waals surface area contributed by atoms with Crippen LogP contribution >= 0.6 is 0 Å². The SMILES string of the molecule is OC1(Cc2ccnc3ccccc23)C=CCCC1. The average molecular weight is 239 g/mol. The molecule has 1 aliphatic rings. The van der Waals surface area contributed by atoms with Crippen molar-refractivity contribution in [2.75, 3.05) is 0 Å². The Morgan fingerprint density at radius 1 is 1.22 bits per heavy atom. The molecule has 0 bridgehead atoms. The van der Waals surface area contributed by atoms with Gasteiger partial charge in [-0.25, -0.2) is 0 Å². The molecule has 2 heteroatoms. The van der Waals surface area contributed by atoms with E-state index in [0.29, 0.717) is 6.42 Å². The van der Waals surface area contributed by atoms with Crippen LogP contribution in [0, 0.1) is 0 Å². The monoisotopic (exact) mass is 239 g/mol. The fourth-order valence-corrected chi connectivity index (χ4v) is 2.70. The first-order chi connectivity index (χ1) is 8.77. The van der Waals surface area contributed by atoms with Gasteiger partial charge in [-0.1, -0.05) is 30.4 Å². The number of rotatable bonds is 2. The van der Waals surface area contributed by atoms with Crippen molar-refractivity contribution < 1.29 is 5.11 Å². The van der Waals surface area contributed by atoms with Gasteiger partial charge in [0.05, 0.1) is 11.1 Å². The number of aromatic nitrogens is 1. The van der Waals surface area contributed by atoms with Gasteiger partial charge in [0.1, 0.15) is 0 Å². The van der Waals surface area contributed by atoms with Gasteiger partial charge in [-0.15, -0.1) is 0 Å². The Hall–Kier alpha value is -1.67. The van der Waals surface area contributed by atoms with Crippen molar-refractivity contribution in [2.45, 2.75) is 31.3 Å². The summed E-state index contributed by atoms with van der Waals surface area (Å²) < 4.78 is 0. The van der Waals surface area contributed by atoms with Gasteiger partial charge in [-0.2, -0.15) is 0 Å². The third-order valence-corrected chi connectivity index (χ3v) is 3.64. The molecule has 3 rings (SSSR count). The molecule has 1 N–H and O–H groups in total. The van der Waals surface area contributed by atoms with Crippen LogP contribution in [-0.4, -0.2) is 15.7 Å². The minimum absolute atomic E-state index is 0.673. The lowest BCUT2D eigenvalue weighted by Gasteiger charge is -2.28. The first-order valence-electron chi connectivity index (χ1n) is 6.50. The van der Waals surface area contributed by atoms with E-state index in [1.165, 1.54) is 5.56 Å². The van der Waals surface area contributed by atoms with Crippen LogP contribution in [0.5, 0.6) is 0 Å². The van der Waals surface area contributed by atoms with Crippen LogP contribution in [0.15, 0.2) is 48.7 Å². The summed E-state index contributed by atoms with van der Waals surface area (Å²) in [5.74, 6) is 0. The number of benzene rings is 1. The summed E-state index contributed by atoms with van der Waals surface area (Å²) in [6.45, 7) is 0. The number of pyridine rings is 1. The van der Waals surface area contributed by atoms with Crippen LogP contribution in [-0.2, 0) is 6.42 Å². The molecule has 1 aromatic heterocycles. The Morgan fingerprint density at radius 2 is 2.11 bits per heavy atom. The maximum Gasteiger partial charge on any atom is 0.0868 e. The van der Waals surface area contributed by atoms with Gasteiger partial charge >= 0.3 is 0 Å².